The molecule has 1 saturated heterocycles. The van der Waals surface area contributed by atoms with Crippen molar-refractivity contribution in [3.8, 4) is 0 Å². The Hall–Kier alpha value is -1.87. The number of thioether (sulfide) groups is 2. The number of aryl methyl sites for hydroxylation is 2. The Balaban J connectivity index is 1.23. The number of hydrogen-bond acceptors (Lipinski definition) is 5. The minimum Gasteiger partial charge on any atom is -0.338 e. The van der Waals surface area contributed by atoms with Crippen molar-refractivity contribution in [2.24, 2.45) is 0 Å². The normalized spacial score (nSPS) is 17.0. The summed E-state index contributed by atoms with van der Waals surface area (Å²) in [6.07, 6.45) is 4.94. The number of hydrogen-bond donors (Lipinski definition) is 2. The molecule has 2 N–H and O–H groups in total. The molecule has 156 valence electrons. The molecule has 0 unspecified atom stereocenters. The number of carbonyl (C=O) groups excluding carboxylic acids is 1. The molecule has 2 aliphatic rings. The molecule has 4 rings (SSSR count). The van der Waals surface area contributed by atoms with Crippen molar-refractivity contribution in [2.45, 2.75) is 49.8 Å². The number of anilines is 1. The average Bonchev–Trinajstić information content (AvgIpc) is 3.08. The zero-order chi connectivity index (χ0) is 20.1. The van der Waals surface area contributed by atoms with E-state index in [0.717, 1.165) is 37.3 Å². The van der Waals surface area contributed by atoms with Crippen LogP contribution >= 0.6 is 23.5 Å². The van der Waals surface area contributed by atoms with Crippen LogP contribution in [-0.2, 0) is 19.5 Å². The van der Waals surface area contributed by atoms with Crippen molar-refractivity contribution in [2.75, 3.05) is 23.4 Å². The van der Waals surface area contributed by atoms with Crippen molar-refractivity contribution in [1.29, 1.82) is 0 Å². The van der Waals surface area contributed by atoms with E-state index in [1.54, 1.807) is 4.57 Å². The Kier molecular flexibility index (Phi) is 6.86. The maximum absolute atomic E-state index is 12.3. The van der Waals surface area contributed by atoms with E-state index >= 15 is 0 Å². The average molecular weight is 434 g/mol. The fourth-order valence-electron chi connectivity index (χ4n) is 3.64. The van der Waals surface area contributed by atoms with Gasteiger partial charge in [-0.05, 0) is 54.9 Å². The molecule has 0 spiro atoms. The quantitative estimate of drug-likeness (QED) is 0.682. The molecule has 2 amide bonds. The molecule has 29 heavy (non-hydrogen) atoms. The van der Waals surface area contributed by atoms with Crippen LogP contribution in [0.5, 0.6) is 0 Å². The van der Waals surface area contributed by atoms with Gasteiger partial charge in [-0.15, -0.1) is 23.5 Å². The highest BCUT2D eigenvalue weighted by atomic mass is 32.2. The van der Waals surface area contributed by atoms with Crippen LogP contribution in [0.25, 0.3) is 0 Å². The molecule has 0 saturated carbocycles. The van der Waals surface area contributed by atoms with Crippen LogP contribution in [0.2, 0.25) is 0 Å². The summed E-state index contributed by atoms with van der Waals surface area (Å²) in [4.78, 5) is 24.5. The van der Waals surface area contributed by atoms with Gasteiger partial charge in [0.25, 0.3) is 0 Å². The molecule has 1 fully saturated rings. The summed E-state index contributed by atoms with van der Waals surface area (Å²) < 4.78 is 3.76. The number of rotatable bonds is 6. The molecule has 1 aromatic carbocycles. The van der Waals surface area contributed by atoms with E-state index in [9.17, 15) is 9.59 Å². The monoisotopic (exact) mass is 433 g/mol. The molecular weight excluding hydrogens is 406 g/mol. The first-order valence-corrected chi connectivity index (χ1v) is 12.3. The smallest absolute Gasteiger partial charge is 0.338 e. The number of fused-ring (bicyclic) bond motifs is 1. The summed E-state index contributed by atoms with van der Waals surface area (Å²) in [6.45, 7) is 1.78. The van der Waals surface area contributed by atoms with Gasteiger partial charge in [0.05, 0.1) is 4.58 Å². The topological polar surface area (TPSA) is 81.0 Å². The third-order valence-electron chi connectivity index (χ3n) is 5.11. The van der Waals surface area contributed by atoms with E-state index in [2.05, 4.69) is 27.9 Å². The number of carbonyl (C=O) groups is 1. The number of nitrogens with zero attached hydrogens (tertiary/aromatic N) is 3. The van der Waals surface area contributed by atoms with Gasteiger partial charge in [0.1, 0.15) is 5.82 Å². The van der Waals surface area contributed by atoms with E-state index in [-0.39, 0.29) is 11.7 Å². The molecule has 1 aromatic heterocycles. The third-order valence-corrected chi connectivity index (χ3v) is 8.12. The minimum absolute atomic E-state index is 0.0283. The standard InChI is InChI=1S/C20H27N5O2S2/c26-19(22-16-7-3-6-15(14-16)18-28-12-5-13-29-18)21-9-4-11-25-20(27)24-10-2-1-8-17(24)23-25/h3,6-7,14,18H,1-2,4-5,8-13H2,(H2,21,22,26). The lowest BCUT2D eigenvalue weighted by Gasteiger charge is -2.21. The maximum Gasteiger partial charge on any atom is 0.345 e. The zero-order valence-electron chi connectivity index (χ0n) is 16.4. The van der Waals surface area contributed by atoms with Crippen molar-refractivity contribution >= 4 is 35.2 Å². The second-order valence-corrected chi connectivity index (χ2v) is 10.0. The van der Waals surface area contributed by atoms with Crippen molar-refractivity contribution in [3.05, 3.63) is 46.1 Å². The maximum atomic E-state index is 12.3. The first-order valence-electron chi connectivity index (χ1n) is 10.3. The molecule has 9 heteroatoms. The number of benzene rings is 1. The predicted octanol–water partition coefficient (Wildman–Crippen LogP) is 3.46. The van der Waals surface area contributed by atoms with Crippen LogP contribution in [0.3, 0.4) is 0 Å². The van der Waals surface area contributed by atoms with Crippen molar-refractivity contribution in [3.63, 3.8) is 0 Å². The summed E-state index contributed by atoms with van der Waals surface area (Å²) in [5.41, 5.74) is 2.03. The molecular formula is C20H27N5O2S2. The second-order valence-electron chi connectivity index (χ2n) is 7.32. The van der Waals surface area contributed by atoms with Gasteiger partial charge in [-0.1, -0.05) is 12.1 Å². The summed E-state index contributed by atoms with van der Waals surface area (Å²) >= 11 is 3.94. The zero-order valence-corrected chi connectivity index (χ0v) is 18.1. The largest absolute Gasteiger partial charge is 0.345 e. The van der Waals surface area contributed by atoms with E-state index in [1.807, 2.05) is 35.7 Å². The first kappa shape index (κ1) is 20.4. The van der Waals surface area contributed by atoms with Gasteiger partial charge in [0.2, 0.25) is 0 Å². The predicted molar refractivity (Wildman–Crippen MR) is 120 cm³/mol. The fourth-order valence-corrected chi connectivity index (χ4v) is 6.52. The minimum atomic E-state index is -0.220. The molecule has 2 aromatic rings. The Bertz CT molecular complexity index is 905. The molecule has 7 nitrogen and oxygen atoms in total. The Morgan fingerprint density at radius 3 is 2.90 bits per heavy atom. The Morgan fingerprint density at radius 1 is 1.21 bits per heavy atom. The fraction of sp³-hybridized carbons (Fsp3) is 0.550. The second kappa shape index (κ2) is 9.75. The van der Waals surface area contributed by atoms with E-state index in [0.29, 0.717) is 24.1 Å². The molecule has 2 aliphatic heterocycles. The van der Waals surface area contributed by atoms with Gasteiger partial charge < -0.3 is 10.6 Å². The lowest BCUT2D eigenvalue weighted by molar-refractivity contribution is 0.251. The van der Waals surface area contributed by atoms with Crippen LogP contribution in [0.15, 0.2) is 29.1 Å². The highest BCUT2D eigenvalue weighted by Gasteiger charge is 2.17. The number of urea groups is 1. The molecule has 3 heterocycles. The van der Waals surface area contributed by atoms with E-state index < -0.39 is 0 Å². The van der Waals surface area contributed by atoms with Gasteiger partial charge in [-0.3, -0.25) is 4.57 Å². The Morgan fingerprint density at radius 2 is 2.07 bits per heavy atom. The lowest BCUT2D eigenvalue weighted by Crippen LogP contribution is -2.31. The van der Waals surface area contributed by atoms with Crippen LogP contribution in [0, 0.1) is 0 Å². The highest BCUT2D eigenvalue weighted by molar-refractivity contribution is 8.16. The third kappa shape index (κ3) is 5.19. The van der Waals surface area contributed by atoms with Gasteiger partial charge in [-0.2, -0.15) is 5.10 Å². The molecule has 0 aliphatic carbocycles. The highest BCUT2D eigenvalue weighted by Crippen LogP contribution is 2.43. The van der Waals surface area contributed by atoms with Crippen LogP contribution in [-0.4, -0.2) is 38.4 Å². The van der Waals surface area contributed by atoms with E-state index in [4.69, 9.17) is 0 Å². The van der Waals surface area contributed by atoms with Gasteiger partial charge in [-0.25, -0.2) is 14.3 Å². The number of nitrogens with one attached hydrogen (secondary N) is 2. The van der Waals surface area contributed by atoms with Crippen LogP contribution < -0.4 is 16.3 Å². The first-order chi connectivity index (χ1) is 14.2. The summed E-state index contributed by atoms with van der Waals surface area (Å²) in [5, 5.41) is 10.2. The summed E-state index contributed by atoms with van der Waals surface area (Å²) in [6, 6.07) is 7.87. The number of amides is 2. The van der Waals surface area contributed by atoms with Gasteiger partial charge in [0, 0.05) is 31.7 Å². The van der Waals surface area contributed by atoms with Gasteiger partial charge in [0.15, 0.2) is 0 Å². The van der Waals surface area contributed by atoms with Crippen LogP contribution in [0.1, 0.15) is 41.7 Å². The summed E-state index contributed by atoms with van der Waals surface area (Å²) in [5.74, 6) is 3.28. The summed E-state index contributed by atoms with van der Waals surface area (Å²) in [7, 11) is 0. The molecule has 0 radical (unpaired) electrons. The Labute approximate surface area is 179 Å². The molecule has 0 atom stereocenters. The molecule has 0 bridgehead atoms. The van der Waals surface area contributed by atoms with Gasteiger partial charge >= 0.3 is 11.7 Å². The SMILES string of the molecule is O=C(NCCCn1nc2n(c1=O)CCCC2)Nc1cccc(C2SCCCS2)c1. The van der Waals surface area contributed by atoms with Crippen LogP contribution in [0.4, 0.5) is 10.5 Å². The van der Waals surface area contributed by atoms with E-state index in [1.165, 1.54) is 28.2 Å². The lowest BCUT2D eigenvalue weighted by atomic mass is 10.2. The number of aromatic nitrogens is 3. The van der Waals surface area contributed by atoms with Crippen molar-refractivity contribution < 1.29 is 4.79 Å². The van der Waals surface area contributed by atoms with Crippen molar-refractivity contribution in [1.82, 2.24) is 19.7 Å².